The predicted molar refractivity (Wildman–Crippen MR) is 129 cm³/mol. The minimum Gasteiger partial charge on any atom is -0.370 e. The fraction of sp³-hybridized carbons (Fsp3) is 0.571. The second kappa shape index (κ2) is 11.4. The molecule has 0 aliphatic carbocycles. The molecule has 1 fully saturated rings. The minimum atomic E-state index is -0.211. The smallest absolute Gasteiger partial charge is 0.217 e. The molecule has 29 heavy (non-hydrogen) atoms. The number of nitrogens with one attached hydrogen (secondary N) is 1. The number of nitrogens with two attached hydrogens (primary N) is 1. The normalized spacial score (nSPS) is 17.2. The summed E-state index contributed by atoms with van der Waals surface area (Å²) in [4.78, 5) is 23.0. The zero-order chi connectivity index (χ0) is 19.9. The number of hydrogen-bond donors (Lipinski definition) is 2. The van der Waals surface area contributed by atoms with Crippen molar-refractivity contribution < 1.29 is 4.79 Å². The summed E-state index contributed by atoms with van der Waals surface area (Å²) in [5.41, 5.74) is 7.62. The second-order valence-electron chi connectivity index (χ2n) is 7.51. The van der Waals surface area contributed by atoms with Crippen molar-refractivity contribution in [2.75, 3.05) is 26.2 Å². The van der Waals surface area contributed by atoms with Crippen LogP contribution in [-0.2, 0) is 11.3 Å². The molecule has 1 unspecified atom stereocenters. The SMILES string of the molecule is CCNC(=NCCCn1c(C)nc2ccccc21)N1CCCC(CC(N)=O)C1.I. The Balaban J connectivity index is 0.00000300. The summed E-state index contributed by atoms with van der Waals surface area (Å²) in [6.45, 7) is 8.46. The second-order valence-corrected chi connectivity index (χ2v) is 7.51. The first-order valence-electron chi connectivity index (χ1n) is 10.3. The summed E-state index contributed by atoms with van der Waals surface area (Å²) in [6.07, 6.45) is 3.55. The average Bonchev–Trinajstić information content (AvgIpc) is 2.99. The number of rotatable bonds is 7. The van der Waals surface area contributed by atoms with Gasteiger partial charge in [0.2, 0.25) is 5.91 Å². The Morgan fingerprint density at radius 1 is 1.38 bits per heavy atom. The van der Waals surface area contributed by atoms with Gasteiger partial charge in [-0.3, -0.25) is 9.79 Å². The number of likely N-dealkylation sites (tertiary alicyclic amines) is 1. The number of carbonyl (C=O) groups is 1. The van der Waals surface area contributed by atoms with Gasteiger partial charge in [-0.1, -0.05) is 12.1 Å². The van der Waals surface area contributed by atoms with Crippen molar-refractivity contribution in [1.82, 2.24) is 19.8 Å². The Morgan fingerprint density at radius 3 is 2.93 bits per heavy atom. The molecule has 8 heteroatoms. The zero-order valence-electron chi connectivity index (χ0n) is 17.4. The first-order valence-corrected chi connectivity index (χ1v) is 10.3. The number of carbonyl (C=O) groups excluding carboxylic acids is 1. The highest BCUT2D eigenvalue weighted by Gasteiger charge is 2.23. The number of imidazole rings is 1. The van der Waals surface area contributed by atoms with E-state index < -0.39 is 0 Å². The summed E-state index contributed by atoms with van der Waals surface area (Å²) in [5, 5.41) is 3.40. The number of hydrogen-bond acceptors (Lipinski definition) is 3. The lowest BCUT2D eigenvalue weighted by Crippen LogP contribution is -2.47. The Hall–Kier alpha value is -1.84. The highest BCUT2D eigenvalue weighted by molar-refractivity contribution is 14.0. The van der Waals surface area contributed by atoms with Crippen molar-refractivity contribution in [1.29, 1.82) is 0 Å². The van der Waals surface area contributed by atoms with Crippen LogP contribution in [0.3, 0.4) is 0 Å². The van der Waals surface area contributed by atoms with Crippen LogP contribution in [-0.4, -0.2) is 52.5 Å². The van der Waals surface area contributed by atoms with Crippen LogP contribution in [0.5, 0.6) is 0 Å². The van der Waals surface area contributed by atoms with E-state index in [1.54, 1.807) is 0 Å². The largest absolute Gasteiger partial charge is 0.370 e. The van der Waals surface area contributed by atoms with E-state index in [-0.39, 0.29) is 29.9 Å². The average molecular weight is 512 g/mol. The lowest BCUT2D eigenvalue weighted by Gasteiger charge is -2.34. The molecule has 2 aromatic rings. The van der Waals surface area contributed by atoms with E-state index >= 15 is 0 Å². The van der Waals surface area contributed by atoms with Gasteiger partial charge >= 0.3 is 0 Å². The highest BCUT2D eigenvalue weighted by atomic mass is 127. The number of nitrogens with zero attached hydrogens (tertiary/aromatic N) is 4. The summed E-state index contributed by atoms with van der Waals surface area (Å²) >= 11 is 0. The van der Waals surface area contributed by atoms with Crippen LogP contribution in [0.4, 0.5) is 0 Å². The van der Waals surface area contributed by atoms with E-state index in [2.05, 4.69) is 51.8 Å². The Morgan fingerprint density at radius 2 is 2.17 bits per heavy atom. The minimum absolute atomic E-state index is 0. The number of amides is 1. The van der Waals surface area contributed by atoms with Crippen molar-refractivity contribution in [2.24, 2.45) is 16.6 Å². The number of benzene rings is 1. The van der Waals surface area contributed by atoms with Crippen molar-refractivity contribution in [3.05, 3.63) is 30.1 Å². The van der Waals surface area contributed by atoms with Crippen LogP contribution in [0.15, 0.2) is 29.3 Å². The molecule has 7 nitrogen and oxygen atoms in total. The molecule has 1 amide bonds. The standard InChI is InChI=1S/C21H32N6O.HI/c1-3-23-21(26-12-6-8-17(15-26)14-20(22)28)24-11-7-13-27-16(2)25-18-9-4-5-10-19(18)27;/h4-5,9-10,17H,3,6-8,11-15H2,1-2H3,(H2,22,28)(H,23,24);1H. The maximum Gasteiger partial charge on any atom is 0.217 e. The van der Waals surface area contributed by atoms with Crippen molar-refractivity contribution >= 4 is 46.9 Å². The van der Waals surface area contributed by atoms with Crippen molar-refractivity contribution in [2.45, 2.75) is 46.1 Å². The first-order chi connectivity index (χ1) is 13.6. The van der Waals surface area contributed by atoms with Gasteiger partial charge in [-0.25, -0.2) is 4.98 Å². The van der Waals surface area contributed by atoms with Gasteiger partial charge in [0.1, 0.15) is 5.82 Å². The topological polar surface area (TPSA) is 88.5 Å². The van der Waals surface area contributed by atoms with Crippen LogP contribution >= 0.6 is 24.0 Å². The lowest BCUT2D eigenvalue weighted by atomic mass is 9.95. The van der Waals surface area contributed by atoms with Crippen molar-refractivity contribution in [3.63, 3.8) is 0 Å². The summed E-state index contributed by atoms with van der Waals surface area (Å²) < 4.78 is 2.27. The van der Waals surface area contributed by atoms with E-state index in [0.29, 0.717) is 12.3 Å². The monoisotopic (exact) mass is 512 g/mol. The number of halogens is 1. The van der Waals surface area contributed by atoms with Crippen molar-refractivity contribution in [3.8, 4) is 0 Å². The molecule has 0 saturated carbocycles. The number of guanidine groups is 1. The van der Waals surface area contributed by atoms with Gasteiger partial charge in [0.15, 0.2) is 5.96 Å². The molecule has 1 atom stereocenters. The number of piperidine rings is 1. The van der Waals surface area contributed by atoms with Gasteiger partial charge < -0.3 is 20.5 Å². The molecule has 0 radical (unpaired) electrons. The lowest BCUT2D eigenvalue weighted by molar-refractivity contribution is -0.119. The van der Waals surface area contributed by atoms with Gasteiger partial charge in [0, 0.05) is 39.1 Å². The number of aryl methyl sites for hydroxylation is 2. The third kappa shape index (κ3) is 6.32. The van der Waals surface area contributed by atoms with Crippen LogP contribution in [0.25, 0.3) is 11.0 Å². The van der Waals surface area contributed by atoms with Crippen LogP contribution in [0, 0.1) is 12.8 Å². The zero-order valence-corrected chi connectivity index (χ0v) is 19.8. The summed E-state index contributed by atoms with van der Waals surface area (Å²) in [7, 11) is 0. The number of primary amides is 1. The first kappa shape index (κ1) is 23.4. The Bertz CT molecular complexity index is 834. The van der Waals surface area contributed by atoms with E-state index in [1.807, 2.05) is 6.07 Å². The van der Waals surface area contributed by atoms with E-state index in [4.69, 9.17) is 10.7 Å². The molecule has 0 spiro atoms. The highest BCUT2D eigenvalue weighted by Crippen LogP contribution is 2.19. The van der Waals surface area contributed by atoms with Gasteiger partial charge in [0.25, 0.3) is 0 Å². The maximum atomic E-state index is 11.3. The number of para-hydroxylation sites is 2. The molecule has 0 bridgehead atoms. The molecule has 1 aliphatic heterocycles. The fourth-order valence-corrected chi connectivity index (χ4v) is 4.03. The number of aromatic nitrogens is 2. The molecular weight excluding hydrogens is 479 g/mol. The van der Waals surface area contributed by atoms with Gasteiger partial charge in [0.05, 0.1) is 11.0 Å². The fourth-order valence-electron chi connectivity index (χ4n) is 4.03. The summed E-state index contributed by atoms with van der Waals surface area (Å²) in [6, 6.07) is 8.25. The molecule has 1 saturated heterocycles. The quantitative estimate of drug-likeness (QED) is 0.259. The van der Waals surface area contributed by atoms with Crippen LogP contribution in [0.1, 0.15) is 38.4 Å². The van der Waals surface area contributed by atoms with E-state index in [9.17, 15) is 4.79 Å². The van der Waals surface area contributed by atoms with Crippen LogP contribution < -0.4 is 11.1 Å². The maximum absolute atomic E-state index is 11.3. The third-order valence-electron chi connectivity index (χ3n) is 5.29. The van der Waals surface area contributed by atoms with E-state index in [1.165, 1.54) is 5.52 Å². The molecule has 1 aromatic carbocycles. The molecule has 3 N–H and O–H groups in total. The Labute approximate surface area is 190 Å². The number of aliphatic imine (C=N–C) groups is 1. The predicted octanol–water partition coefficient (Wildman–Crippen LogP) is 2.91. The van der Waals surface area contributed by atoms with Gasteiger partial charge in [-0.05, 0) is 51.2 Å². The van der Waals surface area contributed by atoms with Crippen LogP contribution in [0.2, 0.25) is 0 Å². The third-order valence-corrected chi connectivity index (χ3v) is 5.29. The van der Waals surface area contributed by atoms with E-state index in [0.717, 1.165) is 69.3 Å². The number of fused-ring (bicyclic) bond motifs is 1. The van der Waals surface area contributed by atoms with Gasteiger partial charge in [-0.15, -0.1) is 24.0 Å². The summed E-state index contributed by atoms with van der Waals surface area (Å²) in [5.74, 6) is 2.11. The molecule has 2 heterocycles. The van der Waals surface area contributed by atoms with Gasteiger partial charge in [-0.2, -0.15) is 0 Å². The molecule has 160 valence electrons. The Kier molecular flexibility index (Phi) is 9.19. The molecule has 1 aliphatic rings. The molecular formula is C21H33IN6O. The molecule has 1 aromatic heterocycles. The molecule has 3 rings (SSSR count).